The summed E-state index contributed by atoms with van der Waals surface area (Å²) in [7, 11) is -1.72. The molecule has 0 saturated carbocycles. The normalized spacial score (nSPS) is 14.7. The first-order valence-corrected chi connectivity index (χ1v) is 12.8. The highest BCUT2D eigenvalue weighted by atomic mass is 32.2. The highest BCUT2D eigenvalue weighted by Crippen LogP contribution is 2.18. The Bertz CT molecular complexity index is 1190. The van der Waals surface area contributed by atoms with Gasteiger partial charge in [-0.2, -0.15) is 9.40 Å². The third-order valence-electron chi connectivity index (χ3n) is 5.88. The number of nitrogens with zero attached hydrogens (tertiary/aromatic N) is 4. The van der Waals surface area contributed by atoms with Crippen molar-refractivity contribution in [1.82, 2.24) is 19.0 Å². The van der Waals surface area contributed by atoms with Crippen LogP contribution in [0, 0.1) is 0 Å². The van der Waals surface area contributed by atoms with Crippen LogP contribution in [-0.4, -0.2) is 66.7 Å². The van der Waals surface area contributed by atoms with E-state index in [1.807, 2.05) is 29.1 Å². The maximum absolute atomic E-state index is 12.7. The molecule has 0 bridgehead atoms. The van der Waals surface area contributed by atoms with Crippen molar-refractivity contribution in [3.8, 4) is 0 Å². The minimum absolute atomic E-state index is 0.0285. The summed E-state index contributed by atoms with van der Waals surface area (Å²) in [5, 5.41) is 4.40. The summed E-state index contributed by atoms with van der Waals surface area (Å²) in [6, 6.07) is 16.9. The highest BCUT2D eigenvalue weighted by molar-refractivity contribution is 7.89. The van der Waals surface area contributed by atoms with E-state index in [4.69, 9.17) is 4.74 Å². The quantitative estimate of drug-likeness (QED) is 0.468. The van der Waals surface area contributed by atoms with Gasteiger partial charge in [0.1, 0.15) is 0 Å². The molecule has 34 heavy (non-hydrogen) atoms. The third-order valence-corrected chi connectivity index (χ3v) is 7.79. The second-order valence-electron chi connectivity index (χ2n) is 8.44. The lowest BCUT2D eigenvalue weighted by Crippen LogP contribution is -2.40. The van der Waals surface area contributed by atoms with E-state index in [0.29, 0.717) is 52.2 Å². The lowest BCUT2D eigenvalue weighted by molar-refractivity contribution is -0.130. The van der Waals surface area contributed by atoms with Gasteiger partial charge in [-0.25, -0.2) is 8.42 Å². The molecular formula is C25H30N4O4S. The third kappa shape index (κ3) is 6.11. The summed E-state index contributed by atoms with van der Waals surface area (Å²) >= 11 is 0. The van der Waals surface area contributed by atoms with Crippen molar-refractivity contribution in [2.45, 2.75) is 30.8 Å². The van der Waals surface area contributed by atoms with Crippen molar-refractivity contribution in [3.63, 3.8) is 0 Å². The van der Waals surface area contributed by atoms with Gasteiger partial charge in [-0.3, -0.25) is 9.48 Å². The van der Waals surface area contributed by atoms with Crippen molar-refractivity contribution in [2.24, 2.45) is 0 Å². The van der Waals surface area contributed by atoms with Gasteiger partial charge in [-0.15, -0.1) is 0 Å². The lowest BCUT2D eigenvalue weighted by Gasteiger charge is -2.26. The predicted molar refractivity (Wildman–Crippen MR) is 129 cm³/mol. The van der Waals surface area contributed by atoms with E-state index in [-0.39, 0.29) is 10.8 Å². The predicted octanol–water partition coefficient (Wildman–Crippen LogP) is 2.54. The van der Waals surface area contributed by atoms with E-state index in [0.717, 1.165) is 11.1 Å². The van der Waals surface area contributed by atoms with Crippen LogP contribution in [0.15, 0.2) is 71.9 Å². The standard InChI is InChI=1S/C25H30N4O4S/c1-27(18-23-17-26-28(20-23)19-22-5-3-2-4-6-22)25(30)12-9-21-7-10-24(11-8-21)34(31,32)29-13-15-33-16-14-29/h2-8,10-11,17,20H,9,12-16,18-19H2,1H3. The summed E-state index contributed by atoms with van der Waals surface area (Å²) in [5.41, 5.74) is 3.08. The average molecular weight is 483 g/mol. The molecule has 0 N–H and O–H groups in total. The zero-order valence-corrected chi connectivity index (χ0v) is 20.2. The summed E-state index contributed by atoms with van der Waals surface area (Å²) in [5.74, 6) is 0.0285. The number of carbonyl (C=O) groups is 1. The molecule has 0 spiro atoms. The molecule has 2 heterocycles. The molecule has 3 aromatic rings. The molecule has 9 heteroatoms. The molecule has 0 radical (unpaired) electrons. The number of hydrogen-bond acceptors (Lipinski definition) is 5. The van der Waals surface area contributed by atoms with Crippen molar-refractivity contribution < 1.29 is 17.9 Å². The van der Waals surface area contributed by atoms with Crippen LogP contribution in [0.4, 0.5) is 0 Å². The molecule has 1 saturated heterocycles. The van der Waals surface area contributed by atoms with Crippen molar-refractivity contribution in [3.05, 3.63) is 83.7 Å². The van der Waals surface area contributed by atoms with E-state index in [9.17, 15) is 13.2 Å². The molecule has 180 valence electrons. The zero-order chi connectivity index (χ0) is 24.0. The van der Waals surface area contributed by atoms with E-state index >= 15 is 0 Å². The maximum Gasteiger partial charge on any atom is 0.243 e. The van der Waals surface area contributed by atoms with E-state index in [1.165, 1.54) is 9.87 Å². The smallest absolute Gasteiger partial charge is 0.243 e. The Morgan fingerprint density at radius 3 is 2.41 bits per heavy atom. The Balaban J connectivity index is 1.27. The van der Waals surface area contributed by atoms with Gasteiger partial charge in [0.15, 0.2) is 0 Å². The van der Waals surface area contributed by atoms with Crippen LogP contribution in [0.3, 0.4) is 0 Å². The number of aryl methyl sites for hydroxylation is 1. The van der Waals surface area contributed by atoms with Gasteiger partial charge < -0.3 is 9.64 Å². The van der Waals surface area contributed by atoms with Gasteiger partial charge in [-0.05, 0) is 29.7 Å². The Morgan fingerprint density at radius 2 is 1.71 bits per heavy atom. The average Bonchev–Trinajstić information content (AvgIpc) is 3.30. The number of benzene rings is 2. The van der Waals surface area contributed by atoms with Crippen molar-refractivity contribution in [2.75, 3.05) is 33.4 Å². The second-order valence-corrected chi connectivity index (χ2v) is 10.4. The Kier molecular flexibility index (Phi) is 7.77. The Morgan fingerprint density at radius 1 is 1.00 bits per heavy atom. The molecule has 4 rings (SSSR count). The molecule has 1 aromatic heterocycles. The van der Waals surface area contributed by atoms with Gasteiger partial charge in [-0.1, -0.05) is 42.5 Å². The number of aromatic nitrogens is 2. The minimum Gasteiger partial charge on any atom is -0.379 e. The van der Waals surface area contributed by atoms with Gasteiger partial charge in [0.2, 0.25) is 15.9 Å². The lowest BCUT2D eigenvalue weighted by atomic mass is 10.1. The first kappa shape index (κ1) is 24.1. The number of carbonyl (C=O) groups excluding carboxylic acids is 1. The zero-order valence-electron chi connectivity index (χ0n) is 19.3. The van der Waals surface area contributed by atoms with Crippen LogP contribution in [0.5, 0.6) is 0 Å². The first-order chi connectivity index (χ1) is 16.4. The highest BCUT2D eigenvalue weighted by Gasteiger charge is 2.26. The van der Waals surface area contributed by atoms with Crippen molar-refractivity contribution in [1.29, 1.82) is 0 Å². The SMILES string of the molecule is CN(Cc1cnn(Cc2ccccc2)c1)C(=O)CCc1ccc(S(=O)(=O)N2CCOCC2)cc1. The molecular weight excluding hydrogens is 452 g/mol. The van der Waals surface area contributed by atoms with Crippen LogP contribution in [-0.2, 0) is 39.1 Å². The van der Waals surface area contributed by atoms with E-state index in [1.54, 1.807) is 42.4 Å². The minimum atomic E-state index is -3.51. The second kappa shape index (κ2) is 10.9. The fraction of sp³-hybridized carbons (Fsp3) is 0.360. The number of amides is 1. The fourth-order valence-electron chi connectivity index (χ4n) is 3.91. The largest absolute Gasteiger partial charge is 0.379 e. The number of rotatable bonds is 9. The molecule has 1 aliphatic rings. The first-order valence-electron chi connectivity index (χ1n) is 11.4. The van der Waals surface area contributed by atoms with Gasteiger partial charge >= 0.3 is 0 Å². The van der Waals surface area contributed by atoms with Crippen LogP contribution < -0.4 is 0 Å². The summed E-state index contributed by atoms with van der Waals surface area (Å²) < 4.78 is 34.0. The monoisotopic (exact) mass is 482 g/mol. The fourth-order valence-corrected chi connectivity index (χ4v) is 5.32. The van der Waals surface area contributed by atoms with Gasteiger partial charge in [0.25, 0.3) is 0 Å². The maximum atomic E-state index is 12.7. The van der Waals surface area contributed by atoms with Gasteiger partial charge in [0, 0.05) is 44.9 Å². The number of ether oxygens (including phenoxy) is 1. The number of sulfonamides is 1. The molecule has 1 fully saturated rings. The topological polar surface area (TPSA) is 84.7 Å². The molecule has 0 aliphatic carbocycles. The Labute approximate surface area is 200 Å². The summed E-state index contributed by atoms with van der Waals surface area (Å²) in [6.45, 7) is 2.76. The van der Waals surface area contributed by atoms with Crippen LogP contribution in [0.2, 0.25) is 0 Å². The molecule has 0 unspecified atom stereocenters. The van der Waals surface area contributed by atoms with E-state index in [2.05, 4.69) is 17.2 Å². The number of morpholine rings is 1. The van der Waals surface area contributed by atoms with Crippen LogP contribution in [0.25, 0.3) is 0 Å². The molecule has 0 atom stereocenters. The summed E-state index contributed by atoms with van der Waals surface area (Å²) in [4.78, 5) is 14.6. The molecule has 2 aromatic carbocycles. The van der Waals surface area contributed by atoms with Crippen LogP contribution >= 0.6 is 0 Å². The van der Waals surface area contributed by atoms with E-state index < -0.39 is 10.0 Å². The summed E-state index contributed by atoms with van der Waals surface area (Å²) in [6.07, 6.45) is 4.66. The molecule has 1 aliphatic heterocycles. The number of hydrogen-bond donors (Lipinski definition) is 0. The van der Waals surface area contributed by atoms with Crippen LogP contribution in [0.1, 0.15) is 23.1 Å². The molecule has 1 amide bonds. The van der Waals surface area contributed by atoms with Crippen molar-refractivity contribution >= 4 is 15.9 Å². The molecule has 8 nitrogen and oxygen atoms in total. The Hall–Kier alpha value is -3.01. The van der Waals surface area contributed by atoms with Gasteiger partial charge in [0.05, 0.1) is 30.9 Å².